The number of aromatic nitrogens is 2. The molecular formula is C17H22N4O3S. The number of hydrogen-bond acceptors (Lipinski definition) is 5. The van der Waals surface area contributed by atoms with Crippen LogP contribution in [0.5, 0.6) is 11.8 Å². The molecule has 1 atom stereocenters. The first-order valence-electron chi connectivity index (χ1n) is 8.27. The molecule has 0 radical (unpaired) electrons. The van der Waals surface area contributed by atoms with E-state index in [1.54, 1.807) is 36.7 Å². The normalized spacial score (nSPS) is 18.7. The van der Waals surface area contributed by atoms with Gasteiger partial charge in [-0.1, -0.05) is 6.92 Å². The van der Waals surface area contributed by atoms with E-state index in [0.29, 0.717) is 30.4 Å². The highest BCUT2D eigenvalue weighted by Crippen LogP contribution is 2.26. The fraction of sp³-hybridized carbons (Fsp3) is 0.412. The lowest BCUT2D eigenvalue weighted by Crippen LogP contribution is -2.42. The van der Waals surface area contributed by atoms with Gasteiger partial charge in [-0.25, -0.2) is 9.97 Å². The van der Waals surface area contributed by atoms with Gasteiger partial charge in [-0.05, 0) is 55.5 Å². The Balaban J connectivity index is 1.72. The second kappa shape index (κ2) is 7.37. The molecule has 1 aliphatic heterocycles. The van der Waals surface area contributed by atoms with Crippen LogP contribution in [0, 0.1) is 12.8 Å². The highest BCUT2D eigenvalue weighted by Gasteiger charge is 2.27. The van der Waals surface area contributed by atoms with Crippen LogP contribution in [-0.2, 0) is 10.2 Å². The number of nitrogens with one attached hydrogen (secondary N) is 1. The molecule has 1 saturated heterocycles. The van der Waals surface area contributed by atoms with Crippen molar-refractivity contribution in [3.63, 3.8) is 0 Å². The number of hydrogen-bond donors (Lipinski definition) is 1. The van der Waals surface area contributed by atoms with Crippen molar-refractivity contribution in [2.45, 2.75) is 26.7 Å². The van der Waals surface area contributed by atoms with Crippen molar-refractivity contribution in [3.05, 3.63) is 42.2 Å². The van der Waals surface area contributed by atoms with E-state index in [0.717, 1.165) is 18.4 Å². The molecule has 8 heteroatoms. The van der Waals surface area contributed by atoms with Crippen LogP contribution in [0.15, 0.2) is 36.7 Å². The number of ether oxygens (including phenoxy) is 1. The fourth-order valence-electron chi connectivity index (χ4n) is 2.83. The number of benzene rings is 1. The summed E-state index contributed by atoms with van der Waals surface area (Å²) >= 11 is 0. The summed E-state index contributed by atoms with van der Waals surface area (Å²) in [5, 5.41) is 0. The Morgan fingerprint density at radius 2 is 2.04 bits per heavy atom. The predicted molar refractivity (Wildman–Crippen MR) is 95.8 cm³/mol. The van der Waals surface area contributed by atoms with Crippen molar-refractivity contribution in [2.75, 3.05) is 17.8 Å². The summed E-state index contributed by atoms with van der Waals surface area (Å²) < 4.78 is 34.9. The summed E-state index contributed by atoms with van der Waals surface area (Å²) in [6, 6.07) is 7.10. The largest absolute Gasteiger partial charge is 0.424 e. The molecule has 3 rings (SSSR count). The SMILES string of the molecule is Cc1cc(Oc2ncccn2)ccc1NS(=O)(=O)N1CCC[C@H](C)C1. The van der Waals surface area contributed by atoms with Crippen LogP contribution in [0.25, 0.3) is 0 Å². The first-order chi connectivity index (χ1) is 11.9. The van der Waals surface area contributed by atoms with E-state index in [1.165, 1.54) is 4.31 Å². The zero-order valence-corrected chi connectivity index (χ0v) is 15.2. The van der Waals surface area contributed by atoms with E-state index < -0.39 is 10.2 Å². The van der Waals surface area contributed by atoms with Crippen LogP contribution >= 0.6 is 0 Å². The molecule has 0 unspecified atom stereocenters. The average Bonchev–Trinajstić information content (AvgIpc) is 2.58. The van der Waals surface area contributed by atoms with Gasteiger partial charge in [0.05, 0.1) is 5.69 Å². The van der Waals surface area contributed by atoms with Crippen LogP contribution in [0.2, 0.25) is 0 Å². The molecule has 2 heterocycles. The molecule has 0 bridgehead atoms. The van der Waals surface area contributed by atoms with Gasteiger partial charge in [-0.15, -0.1) is 0 Å². The smallest absolute Gasteiger partial charge is 0.321 e. The van der Waals surface area contributed by atoms with Gasteiger partial charge >= 0.3 is 16.2 Å². The summed E-state index contributed by atoms with van der Waals surface area (Å²) in [5.41, 5.74) is 1.31. The van der Waals surface area contributed by atoms with Crippen LogP contribution < -0.4 is 9.46 Å². The maximum Gasteiger partial charge on any atom is 0.321 e. The van der Waals surface area contributed by atoms with E-state index in [9.17, 15) is 8.42 Å². The minimum Gasteiger partial charge on any atom is -0.424 e. The number of nitrogens with zero attached hydrogens (tertiary/aromatic N) is 3. The summed E-state index contributed by atoms with van der Waals surface area (Å²) in [6.45, 7) is 5.02. The number of aryl methyl sites for hydroxylation is 1. The maximum atomic E-state index is 12.6. The summed E-state index contributed by atoms with van der Waals surface area (Å²) in [6.07, 6.45) is 5.15. The number of piperidine rings is 1. The van der Waals surface area contributed by atoms with Gasteiger partial charge < -0.3 is 4.74 Å². The van der Waals surface area contributed by atoms with Gasteiger partial charge in [0.25, 0.3) is 0 Å². The van der Waals surface area contributed by atoms with Crippen molar-refractivity contribution in [1.82, 2.24) is 14.3 Å². The predicted octanol–water partition coefficient (Wildman–Crippen LogP) is 2.97. The fourth-order valence-corrected chi connectivity index (χ4v) is 4.28. The molecule has 1 N–H and O–H groups in total. The third kappa shape index (κ3) is 4.46. The van der Waals surface area contributed by atoms with Crippen LogP contribution in [-0.4, -0.2) is 35.8 Å². The lowest BCUT2D eigenvalue weighted by Gasteiger charge is -2.30. The Bertz CT molecular complexity index is 827. The minimum absolute atomic E-state index is 0.248. The van der Waals surface area contributed by atoms with Gasteiger partial charge in [-0.2, -0.15) is 12.7 Å². The van der Waals surface area contributed by atoms with Crippen molar-refractivity contribution in [2.24, 2.45) is 5.92 Å². The summed E-state index contributed by atoms with van der Waals surface area (Å²) in [4.78, 5) is 8.00. The lowest BCUT2D eigenvalue weighted by atomic mass is 10.0. The van der Waals surface area contributed by atoms with Crippen molar-refractivity contribution in [1.29, 1.82) is 0 Å². The van der Waals surface area contributed by atoms with Gasteiger partial charge in [0, 0.05) is 25.5 Å². The van der Waals surface area contributed by atoms with Crippen molar-refractivity contribution < 1.29 is 13.2 Å². The first kappa shape index (κ1) is 17.6. The molecule has 0 saturated carbocycles. The molecular weight excluding hydrogens is 340 g/mol. The molecule has 1 aromatic carbocycles. The summed E-state index contributed by atoms with van der Waals surface area (Å²) in [7, 11) is -3.55. The first-order valence-corrected chi connectivity index (χ1v) is 9.71. The van der Waals surface area contributed by atoms with Gasteiger partial charge in [-0.3, -0.25) is 4.72 Å². The molecule has 0 aliphatic carbocycles. The lowest BCUT2D eigenvalue weighted by molar-refractivity contribution is 0.282. The van der Waals surface area contributed by atoms with E-state index in [-0.39, 0.29) is 6.01 Å². The molecule has 2 aromatic rings. The molecule has 0 amide bonds. The summed E-state index contributed by atoms with van der Waals surface area (Å²) in [5.74, 6) is 0.936. The number of anilines is 1. The third-order valence-corrected chi connectivity index (χ3v) is 5.64. The highest BCUT2D eigenvalue weighted by atomic mass is 32.2. The molecule has 1 aliphatic rings. The molecule has 1 aromatic heterocycles. The van der Waals surface area contributed by atoms with Crippen LogP contribution in [0.4, 0.5) is 5.69 Å². The zero-order chi connectivity index (χ0) is 17.9. The van der Waals surface area contributed by atoms with E-state index in [2.05, 4.69) is 21.6 Å². The topological polar surface area (TPSA) is 84.4 Å². The molecule has 25 heavy (non-hydrogen) atoms. The van der Waals surface area contributed by atoms with Gasteiger partial charge in [0.1, 0.15) is 5.75 Å². The Morgan fingerprint density at radius 3 is 2.72 bits per heavy atom. The van der Waals surface area contributed by atoms with Gasteiger partial charge in [0.2, 0.25) is 0 Å². The van der Waals surface area contributed by atoms with Crippen LogP contribution in [0.3, 0.4) is 0 Å². The van der Waals surface area contributed by atoms with Gasteiger partial charge in [0.15, 0.2) is 0 Å². The quantitative estimate of drug-likeness (QED) is 0.884. The Morgan fingerprint density at radius 1 is 1.28 bits per heavy atom. The van der Waals surface area contributed by atoms with Crippen molar-refractivity contribution in [3.8, 4) is 11.8 Å². The second-order valence-electron chi connectivity index (χ2n) is 6.32. The zero-order valence-electron chi connectivity index (χ0n) is 14.3. The maximum absolute atomic E-state index is 12.6. The Hall–Kier alpha value is -2.19. The highest BCUT2D eigenvalue weighted by molar-refractivity contribution is 7.90. The second-order valence-corrected chi connectivity index (χ2v) is 7.99. The Labute approximate surface area is 148 Å². The third-order valence-electron chi connectivity index (χ3n) is 4.15. The van der Waals surface area contributed by atoms with Crippen LogP contribution in [0.1, 0.15) is 25.3 Å². The van der Waals surface area contributed by atoms with E-state index >= 15 is 0 Å². The molecule has 0 spiro atoms. The van der Waals surface area contributed by atoms with E-state index in [1.807, 2.05) is 6.92 Å². The van der Waals surface area contributed by atoms with Crippen molar-refractivity contribution >= 4 is 15.9 Å². The molecule has 1 fully saturated rings. The van der Waals surface area contributed by atoms with E-state index in [4.69, 9.17) is 4.74 Å². The molecule has 7 nitrogen and oxygen atoms in total. The Kier molecular flexibility index (Phi) is 5.19. The minimum atomic E-state index is -3.55. The monoisotopic (exact) mass is 362 g/mol. The standard InChI is InChI=1S/C17H22N4O3S/c1-13-5-3-10-21(12-13)25(22,23)20-16-7-6-15(11-14(16)2)24-17-18-8-4-9-19-17/h4,6-9,11,13,20H,3,5,10,12H2,1-2H3/t13-/m0/s1. The molecule has 134 valence electrons. The average molecular weight is 362 g/mol. The number of rotatable bonds is 5.